The van der Waals surface area contributed by atoms with Crippen molar-refractivity contribution in [2.45, 2.75) is 52.1 Å². The van der Waals surface area contributed by atoms with Gasteiger partial charge < -0.3 is 20.5 Å². The largest absolute Gasteiger partial charge is 0.483 e. The van der Waals surface area contributed by atoms with Gasteiger partial charge >= 0.3 is 0 Å². The van der Waals surface area contributed by atoms with Crippen LogP contribution in [0.4, 0.5) is 5.00 Å². The molecule has 1 aromatic heterocycles. The van der Waals surface area contributed by atoms with Gasteiger partial charge in [-0.25, -0.2) is 0 Å². The van der Waals surface area contributed by atoms with E-state index in [0.717, 1.165) is 41.7 Å². The van der Waals surface area contributed by atoms with Gasteiger partial charge in [0.1, 0.15) is 10.6 Å². The topological polar surface area (TPSA) is 90.7 Å². The van der Waals surface area contributed by atoms with Crippen molar-refractivity contribution in [3.63, 3.8) is 0 Å². The van der Waals surface area contributed by atoms with E-state index in [4.69, 9.17) is 15.2 Å². The van der Waals surface area contributed by atoms with Crippen LogP contribution in [0.25, 0.3) is 0 Å². The van der Waals surface area contributed by atoms with Crippen molar-refractivity contribution >= 4 is 28.2 Å². The predicted molar refractivity (Wildman–Crippen MR) is 113 cm³/mol. The molecule has 1 aliphatic carbocycles. The van der Waals surface area contributed by atoms with E-state index in [0.29, 0.717) is 28.0 Å². The summed E-state index contributed by atoms with van der Waals surface area (Å²) >= 11 is 1.45. The summed E-state index contributed by atoms with van der Waals surface area (Å²) in [6.07, 6.45) is 3.56. The molecule has 1 aliphatic heterocycles. The first-order chi connectivity index (χ1) is 13.7. The number of nitrogens with two attached hydrogens (primary N) is 1. The van der Waals surface area contributed by atoms with Crippen molar-refractivity contribution in [2.24, 2.45) is 11.7 Å². The Morgan fingerprint density at radius 1 is 1.38 bits per heavy atom. The van der Waals surface area contributed by atoms with Crippen LogP contribution in [0, 0.1) is 5.92 Å². The number of rotatable bonds is 5. The number of hydrogen-bond donors (Lipinski definition) is 2. The highest BCUT2D eigenvalue weighted by Crippen LogP contribution is 2.42. The SMILES string of the molecule is C[C@H]1CCc2c(sc(NC(=O)COc3cccc4c3OC(C)(C)C4)c2C(N)=O)C1. The van der Waals surface area contributed by atoms with Crippen molar-refractivity contribution in [1.82, 2.24) is 0 Å². The van der Waals surface area contributed by atoms with Gasteiger partial charge in [0.2, 0.25) is 0 Å². The fourth-order valence-corrected chi connectivity index (χ4v) is 5.54. The van der Waals surface area contributed by atoms with Gasteiger partial charge in [-0.15, -0.1) is 11.3 Å². The number of benzene rings is 1. The van der Waals surface area contributed by atoms with Crippen molar-refractivity contribution in [3.05, 3.63) is 39.8 Å². The third-order valence-corrected chi connectivity index (χ3v) is 6.59. The number of amides is 2. The van der Waals surface area contributed by atoms with Gasteiger partial charge in [-0.1, -0.05) is 19.1 Å². The summed E-state index contributed by atoms with van der Waals surface area (Å²) in [6.45, 7) is 6.07. The van der Waals surface area contributed by atoms with Gasteiger partial charge in [0.15, 0.2) is 18.1 Å². The van der Waals surface area contributed by atoms with E-state index >= 15 is 0 Å². The molecule has 6 nitrogen and oxygen atoms in total. The maximum atomic E-state index is 12.5. The summed E-state index contributed by atoms with van der Waals surface area (Å²) in [7, 11) is 0. The maximum Gasteiger partial charge on any atom is 0.262 e. The Kier molecular flexibility index (Phi) is 5.02. The van der Waals surface area contributed by atoms with Crippen LogP contribution in [0.3, 0.4) is 0 Å². The Hall–Kier alpha value is -2.54. The zero-order chi connectivity index (χ0) is 20.8. The van der Waals surface area contributed by atoms with Crippen LogP contribution in [-0.2, 0) is 24.1 Å². The summed E-state index contributed by atoms with van der Waals surface area (Å²) in [6, 6.07) is 5.71. The fraction of sp³-hybridized carbons (Fsp3) is 0.455. The molecule has 0 fully saturated rings. The number of fused-ring (bicyclic) bond motifs is 2. The highest BCUT2D eigenvalue weighted by atomic mass is 32.1. The van der Waals surface area contributed by atoms with Crippen LogP contribution in [0.15, 0.2) is 18.2 Å². The second-order valence-electron chi connectivity index (χ2n) is 8.54. The molecule has 154 valence electrons. The first-order valence-electron chi connectivity index (χ1n) is 9.91. The minimum Gasteiger partial charge on any atom is -0.483 e. The number of primary amides is 1. The Labute approximate surface area is 174 Å². The predicted octanol–water partition coefficient (Wildman–Crippen LogP) is 3.70. The lowest BCUT2D eigenvalue weighted by Gasteiger charge is -2.18. The summed E-state index contributed by atoms with van der Waals surface area (Å²) < 4.78 is 11.7. The molecule has 0 radical (unpaired) electrons. The van der Waals surface area contributed by atoms with E-state index in [1.165, 1.54) is 11.3 Å². The van der Waals surface area contributed by atoms with Gasteiger partial charge in [-0.2, -0.15) is 0 Å². The molecule has 29 heavy (non-hydrogen) atoms. The molecule has 0 bridgehead atoms. The molecule has 2 aromatic rings. The Morgan fingerprint density at radius 3 is 2.93 bits per heavy atom. The molecule has 0 unspecified atom stereocenters. The Bertz CT molecular complexity index is 979. The summed E-state index contributed by atoms with van der Waals surface area (Å²) in [5, 5.41) is 3.36. The maximum absolute atomic E-state index is 12.5. The van der Waals surface area contributed by atoms with Crippen LogP contribution >= 0.6 is 11.3 Å². The number of carbonyl (C=O) groups is 2. The molecule has 0 saturated carbocycles. The summed E-state index contributed by atoms with van der Waals surface area (Å²) in [5.74, 6) is 0.998. The van der Waals surface area contributed by atoms with E-state index < -0.39 is 5.91 Å². The molecule has 2 heterocycles. The first kappa shape index (κ1) is 19.8. The highest BCUT2D eigenvalue weighted by Gasteiger charge is 2.32. The fourth-order valence-electron chi connectivity index (χ4n) is 4.11. The van der Waals surface area contributed by atoms with Crippen LogP contribution in [-0.4, -0.2) is 24.0 Å². The van der Waals surface area contributed by atoms with Gasteiger partial charge in [0.25, 0.3) is 11.8 Å². The minimum atomic E-state index is -0.496. The number of ether oxygens (including phenoxy) is 2. The molecule has 0 spiro atoms. The average Bonchev–Trinajstić information content (AvgIpc) is 3.14. The van der Waals surface area contributed by atoms with Crippen LogP contribution < -0.4 is 20.5 Å². The zero-order valence-corrected chi connectivity index (χ0v) is 17.8. The van der Waals surface area contributed by atoms with E-state index in [-0.39, 0.29) is 18.1 Å². The quantitative estimate of drug-likeness (QED) is 0.780. The third kappa shape index (κ3) is 3.96. The number of anilines is 1. The van der Waals surface area contributed by atoms with E-state index in [9.17, 15) is 9.59 Å². The van der Waals surface area contributed by atoms with Crippen molar-refractivity contribution in [2.75, 3.05) is 11.9 Å². The van der Waals surface area contributed by atoms with Gasteiger partial charge in [0, 0.05) is 16.9 Å². The number of hydrogen-bond acceptors (Lipinski definition) is 5. The second kappa shape index (κ2) is 7.37. The molecule has 0 saturated heterocycles. The molecule has 3 N–H and O–H groups in total. The van der Waals surface area contributed by atoms with Crippen LogP contribution in [0.5, 0.6) is 11.5 Å². The molecule has 7 heteroatoms. The average molecular weight is 415 g/mol. The second-order valence-corrected chi connectivity index (χ2v) is 9.65. The van der Waals surface area contributed by atoms with Gasteiger partial charge in [-0.3, -0.25) is 9.59 Å². The monoisotopic (exact) mass is 414 g/mol. The molecule has 4 rings (SSSR count). The van der Waals surface area contributed by atoms with Gasteiger partial charge in [-0.05, 0) is 50.7 Å². The number of thiophene rings is 1. The molecule has 1 aromatic carbocycles. The van der Waals surface area contributed by atoms with E-state index in [1.807, 2.05) is 26.0 Å². The molecule has 2 aliphatic rings. The lowest BCUT2D eigenvalue weighted by molar-refractivity contribution is -0.118. The number of carbonyl (C=O) groups excluding carboxylic acids is 2. The first-order valence-corrected chi connectivity index (χ1v) is 10.7. The van der Waals surface area contributed by atoms with Crippen LogP contribution in [0.2, 0.25) is 0 Å². The lowest BCUT2D eigenvalue weighted by Crippen LogP contribution is -2.25. The molecule has 1 atom stereocenters. The van der Waals surface area contributed by atoms with E-state index in [1.54, 1.807) is 6.07 Å². The van der Waals surface area contributed by atoms with Crippen LogP contribution in [0.1, 0.15) is 53.6 Å². The van der Waals surface area contributed by atoms with Crippen molar-refractivity contribution in [1.29, 1.82) is 0 Å². The third-order valence-electron chi connectivity index (χ3n) is 5.42. The number of nitrogens with one attached hydrogen (secondary N) is 1. The molecule has 2 amide bonds. The minimum absolute atomic E-state index is 0.169. The van der Waals surface area contributed by atoms with Gasteiger partial charge in [0.05, 0.1) is 5.56 Å². The van der Waals surface area contributed by atoms with Crippen molar-refractivity contribution < 1.29 is 19.1 Å². The number of para-hydroxylation sites is 1. The highest BCUT2D eigenvalue weighted by molar-refractivity contribution is 7.17. The normalized spacial score (nSPS) is 19.1. The van der Waals surface area contributed by atoms with Crippen molar-refractivity contribution in [3.8, 4) is 11.5 Å². The summed E-state index contributed by atoms with van der Waals surface area (Å²) in [5.41, 5.74) is 7.85. The Balaban J connectivity index is 1.47. The Morgan fingerprint density at radius 2 is 2.17 bits per heavy atom. The molecular weight excluding hydrogens is 388 g/mol. The smallest absolute Gasteiger partial charge is 0.262 e. The lowest BCUT2D eigenvalue weighted by atomic mass is 9.88. The summed E-state index contributed by atoms with van der Waals surface area (Å²) in [4.78, 5) is 25.7. The van der Waals surface area contributed by atoms with E-state index in [2.05, 4.69) is 12.2 Å². The molecular formula is C22H26N2O4S. The standard InChI is InChI=1S/C22H26N2O4S/c1-12-7-8-14-16(9-12)29-21(18(14)20(23)26)24-17(25)11-27-15-6-4-5-13-10-22(2,3)28-19(13)15/h4-6,12H,7-11H2,1-3H3,(H2,23,26)(H,24,25)/t12-/m0/s1. The zero-order valence-electron chi connectivity index (χ0n) is 17.0.